The van der Waals surface area contributed by atoms with E-state index in [0.717, 1.165) is 18.4 Å². The van der Waals surface area contributed by atoms with E-state index in [-0.39, 0.29) is 12.1 Å². The third kappa shape index (κ3) is 4.21. The molecule has 0 spiro atoms. The van der Waals surface area contributed by atoms with Crippen LogP contribution in [-0.4, -0.2) is 29.7 Å². The summed E-state index contributed by atoms with van der Waals surface area (Å²) in [6.45, 7) is 7.07. The molecule has 1 aliphatic heterocycles. The Morgan fingerprint density at radius 1 is 1.33 bits per heavy atom. The van der Waals surface area contributed by atoms with Crippen molar-refractivity contribution in [1.82, 2.24) is 4.90 Å². The molecular weight excluding hydrogens is 264 g/mol. The predicted octanol–water partition coefficient (Wildman–Crippen LogP) is 3.33. The highest BCUT2D eigenvalue weighted by Crippen LogP contribution is 2.34. The molecule has 0 aromatic heterocycles. The van der Waals surface area contributed by atoms with Crippen molar-refractivity contribution in [2.75, 3.05) is 13.1 Å². The zero-order chi connectivity index (χ0) is 15.5. The number of rotatable bonds is 2. The zero-order valence-electron chi connectivity index (χ0n) is 13.2. The van der Waals surface area contributed by atoms with E-state index >= 15 is 0 Å². The van der Waals surface area contributed by atoms with Gasteiger partial charge in [-0.05, 0) is 51.6 Å². The second-order valence-electron chi connectivity index (χ2n) is 6.73. The number of nitrogens with zero attached hydrogens (tertiary/aromatic N) is 1. The van der Waals surface area contributed by atoms with E-state index in [1.54, 1.807) is 0 Å². The van der Waals surface area contributed by atoms with E-state index in [9.17, 15) is 4.79 Å². The first-order valence-corrected chi connectivity index (χ1v) is 7.65. The van der Waals surface area contributed by atoms with Crippen molar-refractivity contribution in [1.29, 1.82) is 0 Å². The van der Waals surface area contributed by atoms with E-state index in [0.29, 0.717) is 19.0 Å². The van der Waals surface area contributed by atoms with Gasteiger partial charge in [0.1, 0.15) is 5.60 Å². The van der Waals surface area contributed by atoms with E-state index in [4.69, 9.17) is 10.5 Å². The normalized spacial score (nSPS) is 23.0. The SMILES string of the molecule is CC(C)(C)OC(=O)N1CCC(CN)CC1c1ccccc1. The molecule has 0 saturated carbocycles. The van der Waals surface area contributed by atoms with Crippen LogP contribution < -0.4 is 5.73 Å². The number of hydrogen-bond donors (Lipinski definition) is 1. The molecule has 4 nitrogen and oxygen atoms in total. The van der Waals surface area contributed by atoms with Gasteiger partial charge in [0.25, 0.3) is 0 Å². The van der Waals surface area contributed by atoms with Crippen LogP contribution in [0, 0.1) is 5.92 Å². The highest BCUT2D eigenvalue weighted by molar-refractivity contribution is 5.69. The Balaban J connectivity index is 2.19. The Morgan fingerprint density at radius 2 is 2.00 bits per heavy atom. The Labute approximate surface area is 127 Å². The molecule has 4 heteroatoms. The number of amides is 1. The third-order valence-electron chi connectivity index (χ3n) is 3.86. The quantitative estimate of drug-likeness (QED) is 0.909. The number of benzene rings is 1. The molecule has 1 aromatic carbocycles. The molecule has 0 bridgehead atoms. The number of carbonyl (C=O) groups excluding carboxylic acids is 1. The molecule has 1 fully saturated rings. The van der Waals surface area contributed by atoms with Crippen LogP contribution in [0.1, 0.15) is 45.2 Å². The number of piperidine rings is 1. The standard InChI is InChI=1S/C17H26N2O2/c1-17(2,3)21-16(20)19-10-9-13(12-18)11-15(19)14-7-5-4-6-8-14/h4-8,13,15H,9-12,18H2,1-3H3. The maximum absolute atomic E-state index is 12.5. The van der Waals surface area contributed by atoms with Crippen molar-refractivity contribution in [3.63, 3.8) is 0 Å². The number of ether oxygens (including phenoxy) is 1. The van der Waals surface area contributed by atoms with E-state index in [1.807, 2.05) is 43.9 Å². The summed E-state index contributed by atoms with van der Waals surface area (Å²) in [5.41, 5.74) is 6.52. The van der Waals surface area contributed by atoms with Crippen LogP contribution in [0.5, 0.6) is 0 Å². The number of hydrogen-bond acceptors (Lipinski definition) is 3. The van der Waals surface area contributed by atoms with Gasteiger partial charge in [0.2, 0.25) is 0 Å². The van der Waals surface area contributed by atoms with Gasteiger partial charge in [-0.2, -0.15) is 0 Å². The van der Waals surface area contributed by atoms with E-state index in [1.165, 1.54) is 0 Å². The third-order valence-corrected chi connectivity index (χ3v) is 3.86. The lowest BCUT2D eigenvalue weighted by Crippen LogP contribution is -2.44. The first-order chi connectivity index (χ1) is 9.90. The molecule has 0 aliphatic carbocycles. The van der Waals surface area contributed by atoms with Crippen LogP contribution >= 0.6 is 0 Å². The van der Waals surface area contributed by atoms with Crippen molar-refractivity contribution in [2.24, 2.45) is 11.7 Å². The van der Waals surface area contributed by atoms with Crippen LogP contribution in [0.3, 0.4) is 0 Å². The van der Waals surface area contributed by atoms with Crippen LogP contribution in [0.4, 0.5) is 4.79 Å². The monoisotopic (exact) mass is 290 g/mol. The Morgan fingerprint density at radius 3 is 2.57 bits per heavy atom. The van der Waals surface area contributed by atoms with Crippen LogP contribution in [0.2, 0.25) is 0 Å². The van der Waals surface area contributed by atoms with Gasteiger partial charge in [0.05, 0.1) is 6.04 Å². The Hall–Kier alpha value is -1.55. The minimum atomic E-state index is -0.469. The Kier molecular flexibility index (Phi) is 4.88. The molecule has 2 N–H and O–H groups in total. The summed E-state index contributed by atoms with van der Waals surface area (Å²) in [5, 5.41) is 0. The van der Waals surface area contributed by atoms with Crippen molar-refractivity contribution in [3.8, 4) is 0 Å². The predicted molar refractivity (Wildman–Crippen MR) is 83.9 cm³/mol. The molecule has 2 unspecified atom stereocenters. The molecule has 2 atom stereocenters. The van der Waals surface area contributed by atoms with Crippen LogP contribution in [0.25, 0.3) is 0 Å². The van der Waals surface area contributed by atoms with Gasteiger partial charge in [-0.3, -0.25) is 0 Å². The van der Waals surface area contributed by atoms with Gasteiger partial charge in [-0.1, -0.05) is 30.3 Å². The summed E-state index contributed by atoms with van der Waals surface area (Å²) in [5.74, 6) is 0.467. The molecule has 0 radical (unpaired) electrons. The molecule has 1 saturated heterocycles. The first kappa shape index (κ1) is 15.8. The van der Waals surface area contributed by atoms with Gasteiger partial charge in [0.15, 0.2) is 0 Å². The van der Waals surface area contributed by atoms with Crippen molar-refractivity contribution >= 4 is 6.09 Å². The van der Waals surface area contributed by atoms with Crippen molar-refractivity contribution < 1.29 is 9.53 Å². The highest BCUT2D eigenvalue weighted by atomic mass is 16.6. The number of likely N-dealkylation sites (tertiary alicyclic amines) is 1. The number of nitrogens with two attached hydrogens (primary N) is 1. The second kappa shape index (κ2) is 6.48. The summed E-state index contributed by atoms with van der Waals surface area (Å²) < 4.78 is 5.55. The minimum absolute atomic E-state index is 0.0587. The molecule has 1 heterocycles. The molecule has 116 valence electrons. The fourth-order valence-corrected chi connectivity index (χ4v) is 2.78. The van der Waals surface area contributed by atoms with Gasteiger partial charge in [0, 0.05) is 6.54 Å². The summed E-state index contributed by atoms with van der Waals surface area (Å²) in [4.78, 5) is 14.3. The molecule has 1 aromatic rings. The lowest BCUT2D eigenvalue weighted by atomic mass is 9.87. The largest absolute Gasteiger partial charge is 0.444 e. The van der Waals surface area contributed by atoms with Crippen LogP contribution in [0.15, 0.2) is 30.3 Å². The van der Waals surface area contributed by atoms with Crippen molar-refractivity contribution in [3.05, 3.63) is 35.9 Å². The molecule has 1 amide bonds. The van der Waals surface area contributed by atoms with E-state index in [2.05, 4.69) is 12.1 Å². The van der Waals surface area contributed by atoms with Crippen LogP contribution in [-0.2, 0) is 4.74 Å². The average Bonchev–Trinajstić information content (AvgIpc) is 2.45. The van der Waals surface area contributed by atoms with Gasteiger partial charge < -0.3 is 15.4 Å². The summed E-state index contributed by atoms with van der Waals surface area (Å²) in [6.07, 6.45) is 1.62. The Bertz CT molecular complexity index is 467. The molecule has 1 aliphatic rings. The zero-order valence-corrected chi connectivity index (χ0v) is 13.2. The van der Waals surface area contributed by atoms with Gasteiger partial charge in [-0.25, -0.2) is 4.79 Å². The molecular formula is C17H26N2O2. The number of carbonyl (C=O) groups is 1. The smallest absolute Gasteiger partial charge is 0.410 e. The topological polar surface area (TPSA) is 55.6 Å². The molecule has 21 heavy (non-hydrogen) atoms. The fourth-order valence-electron chi connectivity index (χ4n) is 2.78. The molecule has 2 rings (SSSR count). The fraction of sp³-hybridized carbons (Fsp3) is 0.588. The van der Waals surface area contributed by atoms with Crippen molar-refractivity contribution in [2.45, 2.75) is 45.3 Å². The first-order valence-electron chi connectivity index (χ1n) is 7.65. The average molecular weight is 290 g/mol. The second-order valence-corrected chi connectivity index (χ2v) is 6.73. The minimum Gasteiger partial charge on any atom is -0.444 e. The lowest BCUT2D eigenvalue weighted by molar-refractivity contribution is 0.00460. The summed E-state index contributed by atoms with van der Waals surface area (Å²) in [7, 11) is 0. The summed E-state index contributed by atoms with van der Waals surface area (Å²) >= 11 is 0. The maximum Gasteiger partial charge on any atom is 0.410 e. The summed E-state index contributed by atoms with van der Waals surface area (Å²) in [6, 6.07) is 10.2. The highest BCUT2D eigenvalue weighted by Gasteiger charge is 2.34. The van der Waals surface area contributed by atoms with Gasteiger partial charge >= 0.3 is 6.09 Å². The lowest BCUT2D eigenvalue weighted by Gasteiger charge is -2.40. The maximum atomic E-state index is 12.5. The van der Waals surface area contributed by atoms with Gasteiger partial charge in [-0.15, -0.1) is 0 Å². The van der Waals surface area contributed by atoms with E-state index < -0.39 is 5.60 Å².